The van der Waals surface area contributed by atoms with Gasteiger partial charge in [0.05, 0.1) is 0 Å². The van der Waals surface area contributed by atoms with E-state index in [9.17, 15) is 0 Å². The lowest BCUT2D eigenvalue weighted by atomic mass is 10.0. The Kier molecular flexibility index (Phi) is 4.42. The highest BCUT2D eigenvalue weighted by atomic mass is 15.3. The van der Waals surface area contributed by atoms with E-state index in [1.165, 1.54) is 19.3 Å². The Morgan fingerprint density at radius 1 is 1.41 bits per heavy atom. The third-order valence-corrected chi connectivity index (χ3v) is 3.55. The summed E-state index contributed by atoms with van der Waals surface area (Å²) < 4.78 is 2.24. The topological polar surface area (TPSA) is 33.1 Å². The number of rotatable bonds is 5. The van der Waals surface area contributed by atoms with E-state index in [-0.39, 0.29) is 0 Å². The van der Waals surface area contributed by atoms with Crippen molar-refractivity contribution in [2.75, 3.05) is 24.5 Å². The van der Waals surface area contributed by atoms with Crippen LogP contribution in [0.2, 0.25) is 0 Å². The van der Waals surface area contributed by atoms with E-state index in [2.05, 4.69) is 39.8 Å². The third kappa shape index (κ3) is 2.80. The van der Waals surface area contributed by atoms with E-state index in [0.717, 1.165) is 32.1 Å². The normalized spacial score (nSPS) is 20.8. The maximum absolute atomic E-state index is 4.53. The van der Waals surface area contributed by atoms with Crippen LogP contribution < -0.4 is 10.2 Å². The summed E-state index contributed by atoms with van der Waals surface area (Å²) in [5, 5.41) is 3.47. The van der Waals surface area contributed by atoms with Crippen LogP contribution in [0.1, 0.15) is 33.1 Å². The van der Waals surface area contributed by atoms with Gasteiger partial charge < -0.3 is 14.8 Å². The highest BCUT2D eigenvalue weighted by Gasteiger charge is 2.24. The highest BCUT2D eigenvalue weighted by Crippen LogP contribution is 2.23. The second kappa shape index (κ2) is 6.05. The monoisotopic (exact) mass is 236 g/mol. The SMILES string of the molecule is CCNCC1CCCCN1c1nccn1CC. The van der Waals surface area contributed by atoms with Gasteiger partial charge in [0, 0.05) is 38.1 Å². The summed E-state index contributed by atoms with van der Waals surface area (Å²) in [6.45, 7) is 8.61. The maximum Gasteiger partial charge on any atom is 0.205 e. The van der Waals surface area contributed by atoms with Gasteiger partial charge in [-0.2, -0.15) is 0 Å². The zero-order valence-electron chi connectivity index (χ0n) is 11.0. The standard InChI is InChI=1S/C13H24N4/c1-3-14-11-12-7-5-6-9-17(12)13-15-8-10-16(13)4-2/h8,10,12,14H,3-7,9,11H2,1-2H3. The Labute approximate surface area is 104 Å². The lowest BCUT2D eigenvalue weighted by Gasteiger charge is -2.36. The molecule has 0 radical (unpaired) electrons. The number of nitrogens with one attached hydrogen (secondary N) is 1. The summed E-state index contributed by atoms with van der Waals surface area (Å²) in [6, 6.07) is 0.608. The molecule has 0 saturated carbocycles. The molecular formula is C13H24N4. The van der Waals surface area contributed by atoms with Crippen molar-refractivity contribution in [1.82, 2.24) is 14.9 Å². The van der Waals surface area contributed by atoms with Crippen molar-refractivity contribution in [2.24, 2.45) is 0 Å². The minimum atomic E-state index is 0.608. The van der Waals surface area contributed by atoms with Gasteiger partial charge in [-0.15, -0.1) is 0 Å². The molecule has 4 heteroatoms. The number of imidazole rings is 1. The molecule has 1 atom stereocenters. The van der Waals surface area contributed by atoms with E-state index in [1.807, 2.05) is 6.20 Å². The van der Waals surface area contributed by atoms with Crippen LogP contribution in [0.25, 0.3) is 0 Å². The number of piperidine rings is 1. The number of aromatic nitrogens is 2. The van der Waals surface area contributed by atoms with Crippen LogP contribution in [0.3, 0.4) is 0 Å². The molecule has 1 saturated heterocycles. The van der Waals surface area contributed by atoms with Gasteiger partial charge in [-0.3, -0.25) is 0 Å². The van der Waals surface area contributed by atoms with Crippen molar-refractivity contribution in [3.05, 3.63) is 12.4 Å². The Morgan fingerprint density at radius 3 is 3.06 bits per heavy atom. The summed E-state index contributed by atoms with van der Waals surface area (Å²) in [6.07, 6.45) is 7.91. The quantitative estimate of drug-likeness (QED) is 0.847. The van der Waals surface area contributed by atoms with Crippen LogP contribution in [-0.2, 0) is 6.54 Å². The molecule has 1 N–H and O–H groups in total. The number of hydrogen-bond donors (Lipinski definition) is 1. The number of likely N-dealkylation sites (N-methyl/N-ethyl adjacent to an activating group) is 1. The molecule has 4 nitrogen and oxygen atoms in total. The Balaban J connectivity index is 2.10. The van der Waals surface area contributed by atoms with Gasteiger partial charge >= 0.3 is 0 Å². The molecule has 17 heavy (non-hydrogen) atoms. The van der Waals surface area contributed by atoms with E-state index >= 15 is 0 Å². The largest absolute Gasteiger partial charge is 0.338 e. The van der Waals surface area contributed by atoms with Crippen LogP contribution in [0, 0.1) is 0 Å². The predicted octanol–water partition coefficient (Wildman–Crippen LogP) is 1.87. The fourth-order valence-electron chi connectivity index (χ4n) is 2.59. The molecule has 1 unspecified atom stereocenters. The van der Waals surface area contributed by atoms with Gasteiger partial charge in [0.25, 0.3) is 0 Å². The number of hydrogen-bond acceptors (Lipinski definition) is 3. The zero-order valence-corrected chi connectivity index (χ0v) is 11.0. The van der Waals surface area contributed by atoms with Gasteiger partial charge in [-0.05, 0) is 32.7 Å². The average Bonchev–Trinajstić information content (AvgIpc) is 2.84. The summed E-state index contributed by atoms with van der Waals surface area (Å²) in [4.78, 5) is 7.01. The first-order valence-electron chi connectivity index (χ1n) is 6.85. The molecule has 2 heterocycles. The first kappa shape index (κ1) is 12.4. The van der Waals surface area contributed by atoms with Crippen molar-refractivity contribution >= 4 is 5.95 Å². The van der Waals surface area contributed by atoms with Crippen molar-refractivity contribution in [1.29, 1.82) is 0 Å². The Bertz CT molecular complexity index is 334. The first-order valence-corrected chi connectivity index (χ1v) is 6.85. The van der Waals surface area contributed by atoms with Crippen LogP contribution in [0.4, 0.5) is 5.95 Å². The van der Waals surface area contributed by atoms with Gasteiger partial charge in [0.15, 0.2) is 0 Å². The lowest BCUT2D eigenvalue weighted by molar-refractivity contribution is 0.428. The first-order chi connectivity index (χ1) is 8.36. The Morgan fingerprint density at radius 2 is 2.29 bits per heavy atom. The number of anilines is 1. The summed E-state index contributed by atoms with van der Waals surface area (Å²) in [7, 11) is 0. The second-order valence-electron chi connectivity index (χ2n) is 4.66. The molecule has 0 aliphatic carbocycles. The molecular weight excluding hydrogens is 212 g/mol. The number of nitrogens with zero attached hydrogens (tertiary/aromatic N) is 3. The minimum Gasteiger partial charge on any atom is -0.338 e. The molecule has 1 aliphatic rings. The number of aryl methyl sites for hydroxylation is 1. The predicted molar refractivity (Wildman–Crippen MR) is 71.4 cm³/mol. The van der Waals surface area contributed by atoms with Gasteiger partial charge in [-0.25, -0.2) is 4.98 Å². The smallest absolute Gasteiger partial charge is 0.205 e. The van der Waals surface area contributed by atoms with Gasteiger partial charge in [0.1, 0.15) is 0 Å². The minimum absolute atomic E-state index is 0.608. The maximum atomic E-state index is 4.53. The summed E-state index contributed by atoms with van der Waals surface area (Å²) >= 11 is 0. The summed E-state index contributed by atoms with van der Waals surface area (Å²) in [5.74, 6) is 1.15. The van der Waals surface area contributed by atoms with Crippen molar-refractivity contribution in [3.63, 3.8) is 0 Å². The van der Waals surface area contributed by atoms with Crippen LogP contribution in [0.15, 0.2) is 12.4 Å². The molecule has 96 valence electrons. The molecule has 0 amide bonds. The highest BCUT2D eigenvalue weighted by molar-refractivity contribution is 5.34. The van der Waals surface area contributed by atoms with Crippen LogP contribution in [0.5, 0.6) is 0 Å². The second-order valence-corrected chi connectivity index (χ2v) is 4.66. The van der Waals surface area contributed by atoms with Crippen molar-refractivity contribution < 1.29 is 0 Å². The molecule has 1 aromatic heterocycles. The van der Waals surface area contributed by atoms with Crippen LogP contribution >= 0.6 is 0 Å². The summed E-state index contributed by atoms with van der Waals surface area (Å²) in [5.41, 5.74) is 0. The molecule has 0 spiro atoms. The zero-order chi connectivity index (χ0) is 12.1. The van der Waals surface area contributed by atoms with Gasteiger partial charge in [0.2, 0.25) is 5.95 Å². The molecule has 1 aromatic rings. The molecule has 0 aromatic carbocycles. The Hall–Kier alpha value is -1.03. The third-order valence-electron chi connectivity index (χ3n) is 3.55. The molecule has 0 bridgehead atoms. The lowest BCUT2D eigenvalue weighted by Crippen LogP contribution is -2.46. The molecule has 1 fully saturated rings. The fraction of sp³-hybridized carbons (Fsp3) is 0.769. The van der Waals surface area contributed by atoms with E-state index in [4.69, 9.17) is 0 Å². The van der Waals surface area contributed by atoms with Crippen LogP contribution in [-0.4, -0.2) is 35.2 Å². The van der Waals surface area contributed by atoms with E-state index in [1.54, 1.807) is 0 Å². The van der Waals surface area contributed by atoms with Crippen molar-refractivity contribution in [2.45, 2.75) is 45.7 Å². The average molecular weight is 236 g/mol. The molecule has 2 rings (SSSR count). The van der Waals surface area contributed by atoms with E-state index < -0.39 is 0 Å². The van der Waals surface area contributed by atoms with Crippen molar-refractivity contribution in [3.8, 4) is 0 Å². The van der Waals surface area contributed by atoms with E-state index in [0.29, 0.717) is 6.04 Å². The molecule has 1 aliphatic heterocycles. The van der Waals surface area contributed by atoms with Gasteiger partial charge in [-0.1, -0.05) is 6.92 Å². The fourth-order valence-corrected chi connectivity index (χ4v) is 2.59.